The van der Waals surface area contributed by atoms with Gasteiger partial charge in [-0.25, -0.2) is 4.98 Å². The van der Waals surface area contributed by atoms with Crippen molar-refractivity contribution in [2.75, 3.05) is 18.9 Å². The van der Waals surface area contributed by atoms with Crippen molar-refractivity contribution in [3.05, 3.63) is 47.5 Å². The number of benzene rings is 2. The molecule has 1 N–H and O–H groups in total. The molecule has 0 aliphatic carbocycles. The summed E-state index contributed by atoms with van der Waals surface area (Å²) in [5, 5.41) is 3.55. The zero-order chi connectivity index (χ0) is 17.9. The van der Waals surface area contributed by atoms with Crippen LogP contribution in [0.5, 0.6) is 11.5 Å². The molecule has 1 aliphatic heterocycles. The number of rotatable bonds is 5. The minimum Gasteiger partial charge on any atom is -0.486 e. The zero-order valence-electron chi connectivity index (χ0n) is 13.6. The van der Waals surface area contributed by atoms with E-state index in [1.54, 1.807) is 11.3 Å². The highest BCUT2D eigenvalue weighted by Crippen LogP contribution is 2.31. The van der Waals surface area contributed by atoms with Crippen molar-refractivity contribution in [3.63, 3.8) is 0 Å². The van der Waals surface area contributed by atoms with Gasteiger partial charge in [0, 0.05) is 5.02 Å². The summed E-state index contributed by atoms with van der Waals surface area (Å²) in [5.41, 5.74) is 0.858. The maximum atomic E-state index is 12.1. The summed E-state index contributed by atoms with van der Waals surface area (Å²) in [4.78, 5) is 16.6. The number of carbonyl (C=O) groups is 1. The van der Waals surface area contributed by atoms with Gasteiger partial charge in [0.1, 0.15) is 12.7 Å². The second-order valence-electron chi connectivity index (χ2n) is 5.68. The smallest absolute Gasteiger partial charge is 0.230 e. The summed E-state index contributed by atoms with van der Waals surface area (Å²) in [6, 6.07) is 13.1. The lowest BCUT2D eigenvalue weighted by molar-refractivity contribution is -0.119. The molecule has 0 fully saturated rings. The molecule has 1 amide bonds. The van der Waals surface area contributed by atoms with E-state index in [1.807, 2.05) is 42.5 Å². The Bertz CT molecular complexity index is 947. The Hall–Kier alpha value is -1.96. The number of nitrogens with zero attached hydrogens (tertiary/aromatic N) is 1. The number of fused-ring (bicyclic) bond motifs is 2. The molecule has 26 heavy (non-hydrogen) atoms. The molecule has 1 aliphatic rings. The van der Waals surface area contributed by atoms with Gasteiger partial charge in [0.15, 0.2) is 15.8 Å². The van der Waals surface area contributed by atoms with Crippen molar-refractivity contribution in [1.29, 1.82) is 0 Å². The van der Waals surface area contributed by atoms with Gasteiger partial charge in [-0.3, -0.25) is 4.79 Å². The van der Waals surface area contributed by atoms with E-state index in [-0.39, 0.29) is 12.0 Å². The predicted molar refractivity (Wildman–Crippen MR) is 105 cm³/mol. The molecule has 1 atom stereocenters. The number of ether oxygens (including phenoxy) is 2. The number of thiazole rings is 1. The number of nitrogens with one attached hydrogen (secondary N) is 1. The molecule has 0 bridgehead atoms. The van der Waals surface area contributed by atoms with Gasteiger partial charge >= 0.3 is 0 Å². The van der Waals surface area contributed by atoms with E-state index in [2.05, 4.69) is 10.3 Å². The molecule has 0 saturated carbocycles. The van der Waals surface area contributed by atoms with E-state index in [0.717, 1.165) is 20.3 Å². The Morgan fingerprint density at radius 3 is 3.04 bits per heavy atom. The van der Waals surface area contributed by atoms with Gasteiger partial charge in [0.05, 0.1) is 22.5 Å². The maximum Gasteiger partial charge on any atom is 0.230 e. The van der Waals surface area contributed by atoms with Gasteiger partial charge in [-0.05, 0) is 30.3 Å². The molecule has 1 aromatic heterocycles. The first-order valence-electron chi connectivity index (χ1n) is 8.01. The summed E-state index contributed by atoms with van der Waals surface area (Å²) in [5.74, 6) is 1.69. The first kappa shape index (κ1) is 17.5. The Labute approximate surface area is 163 Å². The third kappa shape index (κ3) is 4.06. The second-order valence-corrected chi connectivity index (χ2v) is 8.37. The topological polar surface area (TPSA) is 60.5 Å². The maximum absolute atomic E-state index is 12.1. The summed E-state index contributed by atoms with van der Waals surface area (Å²) < 4.78 is 13.4. The SMILES string of the molecule is O=C(CSc1nc2cc(Cl)ccc2s1)NC[C@@H]1COc2ccccc2O1. The first-order chi connectivity index (χ1) is 12.7. The Morgan fingerprint density at radius 1 is 1.31 bits per heavy atom. The van der Waals surface area contributed by atoms with Crippen molar-refractivity contribution >= 4 is 50.8 Å². The lowest BCUT2D eigenvalue weighted by atomic mass is 10.2. The average molecular weight is 407 g/mol. The second kappa shape index (κ2) is 7.73. The highest BCUT2D eigenvalue weighted by molar-refractivity contribution is 8.01. The van der Waals surface area contributed by atoms with Crippen LogP contribution in [0.25, 0.3) is 10.2 Å². The number of amides is 1. The van der Waals surface area contributed by atoms with Gasteiger partial charge in [0.2, 0.25) is 5.91 Å². The molecule has 0 unspecified atom stereocenters. The molecule has 5 nitrogen and oxygen atoms in total. The molecular weight excluding hydrogens is 392 g/mol. The van der Waals surface area contributed by atoms with E-state index >= 15 is 0 Å². The number of hydrogen-bond acceptors (Lipinski definition) is 6. The van der Waals surface area contributed by atoms with Crippen LogP contribution in [0.4, 0.5) is 0 Å². The quantitative estimate of drug-likeness (QED) is 0.649. The van der Waals surface area contributed by atoms with Crippen LogP contribution < -0.4 is 14.8 Å². The first-order valence-corrected chi connectivity index (χ1v) is 10.2. The summed E-state index contributed by atoms with van der Waals surface area (Å²) in [6.07, 6.45) is -0.191. The highest BCUT2D eigenvalue weighted by atomic mass is 35.5. The van der Waals surface area contributed by atoms with Crippen molar-refractivity contribution in [2.24, 2.45) is 0 Å². The van der Waals surface area contributed by atoms with E-state index < -0.39 is 0 Å². The minimum atomic E-state index is -0.191. The molecule has 4 rings (SSSR count). The van der Waals surface area contributed by atoms with E-state index in [4.69, 9.17) is 21.1 Å². The van der Waals surface area contributed by atoms with Crippen molar-refractivity contribution in [1.82, 2.24) is 10.3 Å². The van der Waals surface area contributed by atoms with Crippen LogP contribution in [0.1, 0.15) is 0 Å². The number of thioether (sulfide) groups is 1. The van der Waals surface area contributed by atoms with Crippen molar-refractivity contribution in [3.8, 4) is 11.5 Å². The summed E-state index contributed by atoms with van der Waals surface area (Å²) >= 11 is 8.94. The fourth-order valence-electron chi connectivity index (χ4n) is 2.51. The minimum absolute atomic E-state index is 0.0604. The van der Waals surface area contributed by atoms with Crippen LogP contribution in [0, 0.1) is 0 Å². The molecule has 134 valence electrons. The Balaban J connectivity index is 1.26. The average Bonchev–Trinajstić information content (AvgIpc) is 3.06. The van der Waals surface area contributed by atoms with Crippen molar-refractivity contribution in [2.45, 2.75) is 10.4 Å². The van der Waals surface area contributed by atoms with Crippen LogP contribution in [-0.4, -0.2) is 35.9 Å². The standard InChI is InChI=1S/C18H15ClN2O3S2/c19-11-5-6-16-13(7-11)21-18(26-16)25-10-17(22)20-8-12-9-23-14-3-1-2-4-15(14)24-12/h1-7,12H,8-10H2,(H,20,22)/t12-/m1/s1. The molecular formula is C18H15ClN2O3S2. The molecule has 0 spiro atoms. The molecule has 8 heteroatoms. The summed E-state index contributed by atoms with van der Waals surface area (Å²) in [7, 11) is 0. The van der Waals surface area contributed by atoms with E-state index in [1.165, 1.54) is 11.8 Å². The van der Waals surface area contributed by atoms with Crippen molar-refractivity contribution < 1.29 is 14.3 Å². The number of para-hydroxylation sites is 2. The number of aromatic nitrogens is 1. The Morgan fingerprint density at radius 2 is 2.15 bits per heavy atom. The predicted octanol–water partition coefficient (Wildman–Crippen LogP) is 4.00. The van der Waals surface area contributed by atoms with E-state index in [9.17, 15) is 4.79 Å². The molecule has 3 aromatic rings. The zero-order valence-corrected chi connectivity index (χ0v) is 16.0. The molecule has 2 aromatic carbocycles. The normalized spacial score (nSPS) is 15.8. The number of carbonyl (C=O) groups excluding carboxylic acids is 1. The van der Waals surface area contributed by atoms with Gasteiger partial charge in [-0.1, -0.05) is 35.5 Å². The molecule has 2 heterocycles. The van der Waals surface area contributed by atoms with E-state index in [0.29, 0.717) is 29.7 Å². The fourth-order valence-corrected chi connectivity index (χ4v) is 4.56. The monoisotopic (exact) mass is 406 g/mol. The van der Waals surface area contributed by atoms with Crippen LogP contribution >= 0.6 is 34.7 Å². The number of halogens is 1. The highest BCUT2D eigenvalue weighted by Gasteiger charge is 2.21. The Kier molecular flexibility index (Phi) is 5.19. The third-order valence-electron chi connectivity index (χ3n) is 3.75. The number of hydrogen-bond donors (Lipinski definition) is 1. The third-order valence-corrected chi connectivity index (χ3v) is 6.17. The van der Waals surface area contributed by atoms with Crippen LogP contribution in [0.2, 0.25) is 5.02 Å². The largest absolute Gasteiger partial charge is 0.486 e. The lowest BCUT2D eigenvalue weighted by Gasteiger charge is -2.26. The van der Waals surface area contributed by atoms with Gasteiger partial charge in [-0.15, -0.1) is 11.3 Å². The van der Waals surface area contributed by atoms with Crippen LogP contribution in [0.3, 0.4) is 0 Å². The van der Waals surface area contributed by atoms with Crippen LogP contribution in [0.15, 0.2) is 46.8 Å². The van der Waals surface area contributed by atoms with Gasteiger partial charge in [-0.2, -0.15) is 0 Å². The van der Waals surface area contributed by atoms with Crippen LogP contribution in [-0.2, 0) is 4.79 Å². The van der Waals surface area contributed by atoms with Gasteiger partial charge in [0.25, 0.3) is 0 Å². The lowest BCUT2D eigenvalue weighted by Crippen LogP contribution is -2.41. The molecule has 0 saturated heterocycles. The van der Waals surface area contributed by atoms with Gasteiger partial charge < -0.3 is 14.8 Å². The summed E-state index contributed by atoms with van der Waals surface area (Å²) in [6.45, 7) is 0.826. The molecule has 0 radical (unpaired) electrons. The fraction of sp³-hybridized carbons (Fsp3) is 0.222.